The predicted octanol–water partition coefficient (Wildman–Crippen LogP) is 3.65. The number of carbonyl (C=O) groups excluding carboxylic acids is 1. The first-order valence-corrected chi connectivity index (χ1v) is 6.84. The number of carbonyl (C=O) groups is 1. The van der Waals surface area contributed by atoms with E-state index in [0.717, 1.165) is 5.69 Å². The third-order valence-electron chi connectivity index (χ3n) is 3.46. The van der Waals surface area contributed by atoms with Crippen molar-refractivity contribution in [1.29, 1.82) is 0 Å². The Morgan fingerprint density at radius 1 is 1.32 bits per heavy atom. The Balaban J connectivity index is 2.94. The molecule has 0 spiro atoms. The molecular weight excluding hydrogens is 284 g/mol. The Morgan fingerprint density at radius 2 is 1.95 bits per heavy atom. The largest absolute Gasteiger partial charge is 0.495 e. The van der Waals surface area contributed by atoms with E-state index >= 15 is 0 Å². The number of ketones is 1. The van der Waals surface area contributed by atoms with Gasteiger partial charge in [0.1, 0.15) is 5.75 Å². The first-order valence-electron chi connectivity index (χ1n) is 6.84. The van der Waals surface area contributed by atoms with Gasteiger partial charge in [-0.05, 0) is 19.1 Å². The molecule has 0 N–H and O–H groups in total. The lowest BCUT2D eigenvalue weighted by molar-refractivity contribution is -0.383. The minimum atomic E-state index is -0.520. The molecule has 0 aliphatic heterocycles. The van der Waals surface area contributed by atoms with Crippen LogP contribution in [0.1, 0.15) is 43.7 Å². The molecule has 0 bridgehead atoms. The molecule has 0 saturated carbocycles. The van der Waals surface area contributed by atoms with E-state index in [1.165, 1.54) is 20.1 Å². The highest BCUT2D eigenvalue weighted by molar-refractivity contribution is 6.06. The lowest BCUT2D eigenvalue weighted by Gasteiger charge is -2.19. The van der Waals surface area contributed by atoms with E-state index in [1.54, 1.807) is 12.1 Å². The summed E-state index contributed by atoms with van der Waals surface area (Å²) in [4.78, 5) is 27.0. The van der Waals surface area contributed by atoms with Crippen molar-refractivity contribution in [3.05, 3.63) is 39.6 Å². The van der Waals surface area contributed by atoms with Gasteiger partial charge in [-0.1, -0.05) is 20.8 Å². The van der Waals surface area contributed by atoms with Crippen LogP contribution in [0.25, 0.3) is 10.9 Å². The number of methoxy groups -OCH3 is 1. The molecule has 6 nitrogen and oxygen atoms in total. The molecule has 2 aromatic rings. The maximum absolute atomic E-state index is 11.7. The van der Waals surface area contributed by atoms with Crippen molar-refractivity contribution in [2.24, 2.45) is 0 Å². The topological polar surface area (TPSA) is 82.3 Å². The summed E-state index contributed by atoms with van der Waals surface area (Å²) in [7, 11) is 1.44. The molecule has 0 aliphatic rings. The van der Waals surface area contributed by atoms with E-state index in [-0.39, 0.29) is 28.0 Å². The Kier molecular flexibility index (Phi) is 3.87. The van der Waals surface area contributed by atoms with Crippen LogP contribution in [0.3, 0.4) is 0 Å². The van der Waals surface area contributed by atoms with Gasteiger partial charge in [0.2, 0.25) is 0 Å². The van der Waals surface area contributed by atoms with Gasteiger partial charge in [0.05, 0.1) is 23.0 Å². The van der Waals surface area contributed by atoms with Gasteiger partial charge < -0.3 is 4.74 Å². The third kappa shape index (κ3) is 2.64. The van der Waals surface area contributed by atoms with Gasteiger partial charge in [-0.15, -0.1) is 0 Å². The molecule has 6 heteroatoms. The zero-order valence-corrected chi connectivity index (χ0v) is 13.3. The summed E-state index contributed by atoms with van der Waals surface area (Å²) in [6.07, 6.45) is 0. The Morgan fingerprint density at radius 3 is 2.41 bits per heavy atom. The van der Waals surface area contributed by atoms with Gasteiger partial charge in [0.25, 0.3) is 5.69 Å². The number of Topliss-reactive ketones (excluding diaryl/α,β-unsaturated/α-hetero) is 1. The van der Waals surface area contributed by atoms with Gasteiger partial charge in [0, 0.05) is 17.2 Å². The number of aromatic nitrogens is 1. The summed E-state index contributed by atoms with van der Waals surface area (Å²) < 4.78 is 5.30. The number of nitro benzene ring substituents is 1. The Labute approximate surface area is 128 Å². The lowest BCUT2D eigenvalue weighted by Crippen LogP contribution is -2.14. The fraction of sp³-hybridized carbons (Fsp3) is 0.375. The van der Waals surface area contributed by atoms with Crippen molar-refractivity contribution < 1.29 is 14.5 Å². The molecule has 2 rings (SSSR count). The highest BCUT2D eigenvalue weighted by Crippen LogP contribution is 2.37. The first kappa shape index (κ1) is 15.9. The zero-order valence-electron chi connectivity index (χ0n) is 13.3. The number of nitro groups is 1. The summed E-state index contributed by atoms with van der Waals surface area (Å²) in [6.45, 7) is 7.29. The molecule has 1 heterocycles. The number of pyridine rings is 1. The summed E-state index contributed by atoms with van der Waals surface area (Å²) in [5.74, 6) is 0.0304. The monoisotopic (exact) mass is 302 g/mol. The quantitative estimate of drug-likeness (QED) is 0.491. The Hall–Kier alpha value is -2.50. The fourth-order valence-corrected chi connectivity index (χ4v) is 2.29. The molecule has 0 amide bonds. The fourth-order valence-electron chi connectivity index (χ4n) is 2.29. The van der Waals surface area contributed by atoms with Crippen LogP contribution in [0, 0.1) is 10.1 Å². The van der Waals surface area contributed by atoms with Gasteiger partial charge in [-0.2, -0.15) is 0 Å². The van der Waals surface area contributed by atoms with Crippen molar-refractivity contribution in [1.82, 2.24) is 4.98 Å². The van der Waals surface area contributed by atoms with E-state index < -0.39 is 4.92 Å². The van der Waals surface area contributed by atoms with Gasteiger partial charge in [-0.25, -0.2) is 4.98 Å². The van der Waals surface area contributed by atoms with E-state index in [4.69, 9.17) is 4.74 Å². The lowest BCUT2D eigenvalue weighted by atomic mass is 9.91. The predicted molar refractivity (Wildman–Crippen MR) is 83.7 cm³/mol. The maximum atomic E-state index is 11.7. The number of fused-ring (bicyclic) bond motifs is 1. The van der Waals surface area contributed by atoms with Crippen molar-refractivity contribution in [2.75, 3.05) is 7.11 Å². The van der Waals surface area contributed by atoms with E-state index in [0.29, 0.717) is 11.1 Å². The molecule has 116 valence electrons. The van der Waals surface area contributed by atoms with Crippen molar-refractivity contribution in [3.63, 3.8) is 0 Å². The minimum Gasteiger partial charge on any atom is -0.495 e. The number of hydrogen-bond acceptors (Lipinski definition) is 5. The van der Waals surface area contributed by atoms with Crippen LogP contribution < -0.4 is 4.74 Å². The molecule has 0 aliphatic carbocycles. The molecule has 1 aromatic carbocycles. The smallest absolute Gasteiger partial charge is 0.296 e. The van der Waals surface area contributed by atoms with Crippen molar-refractivity contribution in [3.8, 4) is 5.75 Å². The van der Waals surface area contributed by atoms with Crippen molar-refractivity contribution >= 4 is 22.4 Å². The summed E-state index contributed by atoms with van der Waals surface area (Å²) in [6, 6.07) is 4.77. The average Bonchev–Trinajstić information content (AvgIpc) is 2.43. The second-order valence-corrected chi connectivity index (χ2v) is 6.13. The number of rotatable bonds is 3. The minimum absolute atomic E-state index is 0.187. The maximum Gasteiger partial charge on any atom is 0.296 e. The third-order valence-corrected chi connectivity index (χ3v) is 3.46. The number of hydrogen-bond donors (Lipinski definition) is 0. The van der Waals surface area contributed by atoms with E-state index in [2.05, 4.69) is 4.98 Å². The standard InChI is InChI=1S/C16H18N2O4/c1-9(19)11-8-12(18(20)21)14-10(15(11)22-5)6-7-13(17-14)16(2,3)4/h6-8H,1-5H3. The average molecular weight is 302 g/mol. The van der Waals surface area contributed by atoms with Crippen molar-refractivity contribution in [2.45, 2.75) is 33.1 Å². The summed E-state index contributed by atoms with van der Waals surface area (Å²) >= 11 is 0. The molecule has 0 unspecified atom stereocenters. The number of nitrogens with zero attached hydrogens (tertiary/aromatic N) is 2. The number of benzene rings is 1. The molecular formula is C16H18N2O4. The van der Waals surface area contributed by atoms with Crippen LogP contribution in [0.4, 0.5) is 5.69 Å². The van der Waals surface area contributed by atoms with Crippen LogP contribution >= 0.6 is 0 Å². The van der Waals surface area contributed by atoms with Gasteiger partial charge >= 0.3 is 0 Å². The highest BCUT2D eigenvalue weighted by Gasteiger charge is 2.25. The van der Waals surface area contributed by atoms with Crippen LogP contribution in [0.5, 0.6) is 5.75 Å². The Bertz CT molecular complexity index is 776. The molecule has 1 aromatic heterocycles. The van der Waals surface area contributed by atoms with Gasteiger partial charge in [0.15, 0.2) is 11.3 Å². The van der Waals surface area contributed by atoms with Gasteiger partial charge in [-0.3, -0.25) is 14.9 Å². The second kappa shape index (κ2) is 5.36. The second-order valence-electron chi connectivity index (χ2n) is 6.13. The molecule has 0 saturated heterocycles. The SMILES string of the molecule is COc1c(C(C)=O)cc([N+](=O)[O-])c2nc(C(C)(C)C)ccc12. The normalized spacial score (nSPS) is 11.5. The number of ether oxygens (including phenoxy) is 1. The highest BCUT2D eigenvalue weighted by atomic mass is 16.6. The molecule has 0 fully saturated rings. The summed E-state index contributed by atoms with van der Waals surface area (Å²) in [5.41, 5.74) is 0.730. The molecule has 0 atom stereocenters. The van der Waals surface area contributed by atoms with Crippen LogP contribution in [0.2, 0.25) is 0 Å². The molecule has 0 radical (unpaired) electrons. The zero-order chi connectivity index (χ0) is 16.7. The van der Waals surface area contributed by atoms with E-state index in [1.807, 2.05) is 20.8 Å². The van der Waals surface area contributed by atoms with Crippen LogP contribution in [0.15, 0.2) is 18.2 Å². The van der Waals surface area contributed by atoms with E-state index in [9.17, 15) is 14.9 Å². The molecule has 22 heavy (non-hydrogen) atoms. The van der Waals surface area contributed by atoms with Crippen LogP contribution in [-0.4, -0.2) is 22.8 Å². The number of non-ortho nitro benzene ring substituents is 1. The first-order chi connectivity index (χ1) is 10.2. The van der Waals surface area contributed by atoms with Crippen LogP contribution in [-0.2, 0) is 5.41 Å². The summed E-state index contributed by atoms with van der Waals surface area (Å²) in [5, 5.41) is 11.8.